The smallest absolute Gasteiger partial charge is 0.101 e. The molecule has 2 aliphatic heterocycles. The molecule has 2 heterocycles. The molecule has 0 saturated carbocycles. The largest absolute Gasteiger partial charge is 0.376 e. The van der Waals surface area contributed by atoms with Crippen molar-refractivity contribution in [3.05, 3.63) is 40.3 Å². The molecule has 0 radical (unpaired) electrons. The van der Waals surface area contributed by atoms with Crippen LogP contribution in [0.3, 0.4) is 0 Å². The number of methoxy groups -OCH3 is 1. The predicted molar refractivity (Wildman–Crippen MR) is 91.9 cm³/mol. The van der Waals surface area contributed by atoms with E-state index in [1.54, 1.807) is 0 Å². The molecule has 130 valence electrons. The molecule has 2 aliphatic rings. The molecule has 3 rings (SSSR count). The van der Waals surface area contributed by atoms with Gasteiger partial charge in [0.05, 0.1) is 12.1 Å². The molecule has 1 aromatic carbocycles. The highest BCUT2D eigenvalue weighted by Gasteiger charge is 2.30. The van der Waals surface area contributed by atoms with Gasteiger partial charge in [-0.25, -0.2) is 0 Å². The van der Waals surface area contributed by atoms with E-state index in [2.05, 4.69) is 32.0 Å². The van der Waals surface area contributed by atoms with E-state index in [9.17, 15) is 4.39 Å². The molecule has 1 aromatic rings. The van der Waals surface area contributed by atoms with E-state index in [0.717, 1.165) is 25.2 Å². The van der Waals surface area contributed by atoms with Crippen LogP contribution in [0.15, 0.2) is 29.4 Å². The molecule has 0 amide bonds. The van der Waals surface area contributed by atoms with E-state index in [4.69, 9.17) is 10.3 Å². The Morgan fingerprint density at radius 2 is 2.12 bits per heavy atom. The van der Waals surface area contributed by atoms with Crippen LogP contribution in [0.4, 0.5) is 10.1 Å². The van der Waals surface area contributed by atoms with Gasteiger partial charge in [0.2, 0.25) is 0 Å². The van der Waals surface area contributed by atoms with Gasteiger partial charge in [-0.05, 0) is 42.6 Å². The molecule has 0 unspecified atom stereocenters. The average Bonchev–Trinajstić information content (AvgIpc) is 3.10. The minimum absolute atomic E-state index is 0.563. The first-order chi connectivity index (χ1) is 11.8. The van der Waals surface area contributed by atoms with E-state index in [0.29, 0.717) is 6.04 Å². The number of alkyl halides is 1. The Kier molecular flexibility index (Phi) is 5.56. The molecular weight excluding hydrogens is 309 g/mol. The quantitative estimate of drug-likeness (QED) is 0.456. The third kappa shape index (κ3) is 3.48. The van der Waals surface area contributed by atoms with Gasteiger partial charge in [-0.15, -0.1) is 0 Å². The lowest BCUT2D eigenvalue weighted by Crippen LogP contribution is -2.50. The number of hydrogen-bond donors (Lipinski definition) is 0. The molecule has 0 aromatic heterocycles. The summed E-state index contributed by atoms with van der Waals surface area (Å²) in [6.07, 6.45) is 2.02. The minimum atomic E-state index is -0.840. The van der Waals surface area contributed by atoms with Crippen LogP contribution >= 0.6 is 0 Å². The monoisotopic (exact) mass is 333 g/mol. The van der Waals surface area contributed by atoms with Gasteiger partial charge in [0.1, 0.15) is 6.67 Å². The van der Waals surface area contributed by atoms with E-state index >= 15 is 0 Å². The summed E-state index contributed by atoms with van der Waals surface area (Å²) >= 11 is 0. The summed E-state index contributed by atoms with van der Waals surface area (Å²) in [6.45, 7) is 3.72. The zero-order valence-electron chi connectivity index (χ0n) is 14.0. The fourth-order valence-corrected chi connectivity index (χ4v) is 3.85. The second kappa shape index (κ2) is 7.83. The van der Waals surface area contributed by atoms with Crippen LogP contribution in [0, 0.1) is 0 Å². The number of anilines is 1. The highest BCUT2D eigenvalue weighted by atomic mass is 19.1. The minimum Gasteiger partial charge on any atom is -0.376 e. The number of nitrogens with zero attached hydrogens (tertiary/aromatic N) is 5. The van der Waals surface area contributed by atoms with Crippen molar-refractivity contribution in [1.29, 1.82) is 0 Å². The molecule has 0 N–H and O–H groups in total. The number of hydrogen-bond acceptors (Lipinski definition) is 4. The lowest BCUT2D eigenvalue weighted by molar-refractivity contribution is 0.0722. The Bertz CT molecular complexity index is 589. The van der Waals surface area contributed by atoms with Crippen molar-refractivity contribution in [2.75, 3.05) is 44.9 Å². The summed E-state index contributed by atoms with van der Waals surface area (Å²) in [5.74, 6) is 0. The Hall–Kier alpha value is -1.82. The second-order valence-corrected chi connectivity index (χ2v) is 6.45. The first kappa shape index (κ1) is 17.0. The lowest BCUT2D eigenvalue weighted by Gasteiger charge is -2.39. The van der Waals surface area contributed by atoms with Crippen LogP contribution in [-0.2, 0) is 4.74 Å². The van der Waals surface area contributed by atoms with Gasteiger partial charge in [0, 0.05) is 43.4 Å². The third-order valence-corrected chi connectivity index (χ3v) is 5.14. The van der Waals surface area contributed by atoms with Crippen molar-refractivity contribution in [2.24, 2.45) is 5.11 Å². The maximum atomic E-state index is 13.1. The average molecular weight is 333 g/mol. The fourth-order valence-electron chi connectivity index (χ4n) is 3.85. The van der Waals surface area contributed by atoms with Crippen molar-refractivity contribution in [3.63, 3.8) is 0 Å². The third-order valence-electron chi connectivity index (χ3n) is 5.14. The van der Waals surface area contributed by atoms with E-state index in [-0.39, 0.29) is 0 Å². The molecule has 0 aliphatic carbocycles. The van der Waals surface area contributed by atoms with Gasteiger partial charge >= 0.3 is 0 Å². The number of halogens is 1. The highest BCUT2D eigenvalue weighted by molar-refractivity contribution is 5.49. The summed E-state index contributed by atoms with van der Waals surface area (Å²) in [6, 6.07) is 7.83. The van der Waals surface area contributed by atoms with Crippen LogP contribution < -0.4 is 4.90 Å². The van der Waals surface area contributed by atoms with Gasteiger partial charge in [0.15, 0.2) is 0 Å². The number of fused-ring (bicyclic) bond motifs is 1. The highest BCUT2D eigenvalue weighted by Crippen LogP contribution is 2.28. The van der Waals surface area contributed by atoms with E-state index in [1.165, 1.54) is 32.2 Å². The SMILES string of the molecule is CO[C@H](c1ccc(N2CCN3CCC[C@H]3C2)cc1)[C@@H](CF)N=[N+]=[N-]. The zero-order valence-corrected chi connectivity index (χ0v) is 14.0. The number of ether oxygens (including phenoxy) is 1. The van der Waals surface area contributed by atoms with Crippen molar-refractivity contribution in [2.45, 2.75) is 31.0 Å². The topological polar surface area (TPSA) is 64.5 Å². The Balaban J connectivity index is 1.71. The van der Waals surface area contributed by atoms with Gasteiger partial charge in [-0.2, -0.15) is 0 Å². The van der Waals surface area contributed by atoms with E-state index in [1.807, 2.05) is 12.1 Å². The molecule has 24 heavy (non-hydrogen) atoms. The second-order valence-electron chi connectivity index (χ2n) is 6.45. The zero-order chi connectivity index (χ0) is 16.9. The molecule has 7 heteroatoms. The number of azide groups is 1. The lowest BCUT2D eigenvalue weighted by atomic mass is 10.0. The van der Waals surface area contributed by atoms with E-state index < -0.39 is 18.8 Å². The summed E-state index contributed by atoms with van der Waals surface area (Å²) in [5, 5.41) is 3.50. The van der Waals surface area contributed by atoms with Gasteiger partial charge in [0.25, 0.3) is 0 Å². The Morgan fingerprint density at radius 1 is 1.33 bits per heavy atom. The van der Waals surface area contributed by atoms with Crippen LogP contribution in [0.25, 0.3) is 10.4 Å². The maximum absolute atomic E-state index is 13.1. The summed E-state index contributed by atoms with van der Waals surface area (Å²) in [7, 11) is 1.51. The van der Waals surface area contributed by atoms with Crippen molar-refractivity contribution in [3.8, 4) is 0 Å². The Labute approximate surface area is 141 Å². The van der Waals surface area contributed by atoms with Crippen LogP contribution in [0.5, 0.6) is 0 Å². The normalized spacial score (nSPS) is 23.4. The molecule has 3 atom stereocenters. The van der Waals surface area contributed by atoms with Crippen LogP contribution in [0.2, 0.25) is 0 Å². The van der Waals surface area contributed by atoms with Gasteiger partial charge in [-0.1, -0.05) is 17.2 Å². The van der Waals surface area contributed by atoms with Crippen molar-refractivity contribution < 1.29 is 9.13 Å². The van der Waals surface area contributed by atoms with Crippen molar-refractivity contribution in [1.82, 2.24) is 4.90 Å². The molecule has 0 spiro atoms. The van der Waals surface area contributed by atoms with Gasteiger partial charge < -0.3 is 9.64 Å². The maximum Gasteiger partial charge on any atom is 0.101 e. The number of benzene rings is 1. The number of rotatable bonds is 6. The van der Waals surface area contributed by atoms with Crippen LogP contribution in [0.1, 0.15) is 24.5 Å². The molecular formula is C17H24FN5O. The van der Waals surface area contributed by atoms with Crippen molar-refractivity contribution >= 4 is 5.69 Å². The fraction of sp³-hybridized carbons (Fsp3) is 0.647. The number of piperazine rings is 1. The summed E-state index contributed by atoms with van der Waals surface area (Å²) in [4.78, 5) is 7.71. The molecule has 6 nitrogen and oxygen atoms in total. The first-order valence-corrected chi connectivity index (χ1v) is 8.48. The molecule has 0 bridgehead atoms. The summed E-state index contributed by atoms with van der Waals surface area (Å²) < 4.78 is 18.5. The molecule has 2 fully saturated rings. The molecule has 2 saturated heterocycles. The van der Waals surface area contributed by atoms with Crippen LogP contribution in [-0.4, -0.2) is 56.9 Å². The Morgan fingerprint density at radius 3 is 2.79 bits per heavy atom. The summed E-state index contributed by atoms with van der Waals surface area (Å²) in [5.41, 5.74) is 10.6. The standard InChI is InChI=1S/C17H24FN5O/c1-24-17(16(11-18)20-21-19)13-4-6-14(7-5-13)23-10-9-22-8-2-3-15(22)12-23/h4-7,15-17H,2-3,8-12H2,1H3/t15-,16+,17+/m0/s1. The van der Waals surface area contributed by atoms with Gasteiger partial charge in [-0.3, -0.25) is 9.29 Å². The predicted octanol–water partition coefficient (Wildman–Crippen LogP) is 3.31. The first-order valence-electron chi connectivity index (χ1n) is 8.48.